The van der Waals surface area contributed by atoms with Crippen molar-refractivity contribution in [3.63, 3.8) is 0 Å². The summed E-state index contributed by atoms with van der Waals surface area (Å²) >= 11 is 0. The zero-order valence-electron chi connectivity index (χ0n) is 8.30. The molecule has 6 heteroatoms. The Bertz CT molecular complexity index is 351. The molecule has 1 heterocycles. The summed E-state index contributed by atoms with van der Waals surface area (Å²) < 4.78 is 0. The Labute approximate surface area is 91.1 Å². The standard InChI is InChI=1S/C6H6O3.C4H5NO2/c7-4-1-5(8)3-6(9)2-4;6-3-1-2-4(7)5-3/h1-3,7-9H;1-2H2,(H,5,6,7). The van der Waals surface area contributed by atoms with Crippen LogP contribution in [0.5, 0.6) is 17.2 Å². The van der Waals surface area contributed by atoms with E-state index in [0.717, 1.165) is 18.2 Å². The van der Waals surface area contributed by atoms with Crippen molar-refractivity contribution in [3.8, 4) is 17.2 Å². The topological polar surface area (TPSA) is 107 Å². The number of benzene rings is 1. The van der Waals surface area contributed by atoms with Crippen LogP contribution in [0, 0.1) is 0 Å². The van der Waals surface area contributed by atoms with Gasteiger partial charge < -0.3 is 15.3 Å². The fourth-order valence-electron chi connectivity index (χ4n) is 1.09. The summed E-state index contributed by atoms with van der Waals surface area (Å²) in [5, 5.41) is 28.2. The minimum absolute atomic E-state index is 0.146. The molecule has 86 valence electrons. The lowest BCUT2D eigenvalue weighted by Crippen LogP contribution is -2.18. The normalized spacial score (nSPS) is 14.0. The highest BCUT2D eigenvalue weighted by molar-refractivity contribution is 6.01. The summed E-state index contributed by atoms with van der Waals surface area (Å²) in [5.41, 5.74) is 0. The molecule has 0 aromatic heterocycles. The Morgan fingerprint density at radius 1 is 0.812 bits per heavy atom. The average molecular weight is 225 g/mol. The molecule has 16 heavy (non-hydrogen) atoms. The highest BCUT2D eigenvalue weighted by Gasteiger charge is 2.15. The van der Waals surface area contributed by atoms with Crippen LogP contribution in [0.3, 0.4) is 0 Å². The smallest absolute Gasteiger partial charge is 0.227 e. The van der Waals surface area contributed by atoms with Gasteiger partial charge in [-0.1, -0.05) is 0 Å². The molecule has 2 amide bonds. The molecule has 4 N–H and O–H groups in total. The van der Waals surface area contributed by atoms with Crippen molar-refractivity contribution in [2.45, 2.75) is 12.8 Å². The lowest BCUT2D eigenvalue weighted by atomic mass is 10.3. The SMILES string of the molecule is O=C1CCC(=O)N1.Oc1cc(O)cc(O)c1. The van der Waals surface area contributed by atoms with Gasteiger partial charge in [0, 0.05) is 31.0 Å². The van der Waals surface area contributed by atoms with Crippen LogP contribution in [0.1, 0.15) is 12.8 Å². The van der Waals surface area contributed by atoms with Crippen molar-refractivity contribution in [2.75, 3.05) is 0 Å². The molecule has 2 rings (SSSR count). The first-order valence-electron chi connectivity index (χ1n) is 4.52. The molecular formula is C10H11NO5. The predicted molar refractivity (Wildman–Crippen MR) is 53.8 cm³/mol. The Morgan fingerprint density at radius 2 is 1.12 bits per heavy atom. The molecule has 0 radical (unpaired) electrons. The van der Waals surface area contributed by atoms with Gasteiger partial charge in [-0.2, -0.15) is 0 Å². The van der Waals surface area contributed by atoms with Crippen LogP contribution in [0.2, 0.25) is 0 Å². The van der Waals surface area contributed by atoms with Gasteiger partial charge in [-0.3, -0.25) is 14.9 Å². The van der Waals surface area contributed by atoms with Crippen molar-refractivity contribution in [1.29, 1.82) is 0 Å². The number of aromatic hydroxyl groups is 3. The third kappa shape index (κ3) is 3.87. The number of phenols is 3. The molecule has 1 fully saturated rings. The fraction of sp³-hybridized carbons (Fsp3) is 0.200. The van der Waals surface area contributed by atoms with Crippen molar-refractivity contribution in [3.05, 3.63) is 18.2 Å². The molecule has 6 nitrogen and oxygen atoms in total. The van der Waals surface area contributed by atoms with Crippen molar-refractivity contribution < 1.29 is 24.9 Å². The van der Waals surface area contributed by atoms with E-state index in [9.17, 15) is 9.59 Å². The number of carbonyl (C=O) groups is 2. The van der Waals surface area contributed by atoms with Crippen LogP contribution in [0.4, 0.5) is 0 Å². The van der Waals surface area contributed by atoms with E-state index >= 15 is 0 Å². The van der Waals surface area contributed by atoms with E-state index in [0.29, 0.717) is 12.8 Å². The molecule has 0 atom stereocenters. The number of imide groups is 1. The van der Waals surface area contributed by atoms with E-state index < -0.39 is 0 Å². The van der Waals surface area contributed by atoms with Gasteiger partial charge in [-0.25, -0.2) is 0 Å². The van der Waals surface area contributed by atoms with Crippen LogP contribution >= 0.6 is 0 Å². The maximum atomic E-state index is 10.1. The predicted octanol–water partition coefficient (Wildman–Crippen LogP) is 0.226. The van der Waals surface area contributed by atoms with Gasteiger partial charge in [0.15, 0.2) is 0 Å². The first kappa shape index (κ1) is 11.8. The van der Waals surface area contributed by atoms with E-state index in [1.807, 2.05) is 0 Å². The second-order valence-corrected chi connectivity index (χ2v) is 3.18. The Hall–Kier alpha value is -2.24. The number of nitrogens with one attached hydrogen (secondary N) is 1. The van der Waals surface area contributed by atoms with Gasteiger partial charge in [-0.05, 0) is 0 Å². The third-order valence-corrected chi connectivity index (χ3v) is 1.75. The molecule has 0 aliphatic carbocycles. The average Bonchev–Trinajstić information content (AvgIpc) is 2.48. The van der Waals surface area contributed by atoms with Crippen molar-refractivity contribution in [2.24, 2.45) is 0 Å². The van der Waals surface area contributed by atoms with Gasteiger partial charge in [0.05, 0.1) is 0 Å². The van der Waals surface area contributed by atoms with E-state index in [2.05, 4.69) is 5.32 Å². The minimum Gasteiger partial charge on any atom is -0.508 e. The lowest BCUT2D eigenvalue weighted by Gasteiger charge is -1.94. The fourth-order valence-corrected chi connectivity index (χ4v) is 1.09. The molecule has 0 unspecified atom stereocenters. The molecule has 1 aliphatic rings. The van der Waals surface area contributed by atoms with Gasteiger partial charge >= 0.3 is 0 Å². The molecule has 1 aliphatic heterocycles. The number of carbonyl (C=O) groups excluding carboxylic acids is 2. The summed E-state index contributed by atoms with van der Waals surface area (Å²) in [6.07, 6.45) is 0.748. The molecule has 1 aromatic rings. The van der Waals surface area contributed by atoms with Crippen LogP contribution in [0.15, 0.2) is 18.2 Å². The molecule has 1 saturated heterocycles. The quantitative estimate of drug-likeness (QED) is 0.473. The Morgan fingerprint density at radius 3 is 1.31 bits per heavy atom. The number of hydrogen-bond donors (Lipinski definition) is 4. The summed E-state index contributed by atoms with van der Waals surface area (Å²) in [6.45, 7) is 0. The molecule has 0 spiro atoms. The molecule has 0 bridgehead atoms. The monoisotopic (exact) mass is 225 g/mol. The van der Waals surface area contributed by atoms with Crippen LogP contribution in [-0.4, -0.2) is 27.1 Å². The number of hydrogen-bond acceptors (Lipinski definition) is 5. The van der Waals surface area contributed by atoms with Crippen LogP contribution < -0.4 is 5.32 Å². The van der Waals surface area contributed by atoms with Gasteiger partial charge in [0.1, 0.15) is 17.2 Å². The van der Waals surface area contributed by atoms with E-state index in [4.69, 9.17) is 15.3 Å². The number of amides is 2. The largest absolute Gasteiger partial charge is 0.508 e. The Balaban J connectivity index is 0.000000165. The van der Waals surface area contributed by atoms with E-state index in [-0.39, 0.29) is 29.1 Å². The van der Waals surface area contributed by atoms with Crippen LogP contribution in [-0.2, 0) is 9.59 Å². The lowest BCUT2D eigenvalue weighted by molar-refractivity contribution is -0.124. The highest BCUT2D eigenvalue weighted by atomic mass is 16.3. The second-order valence-electron chi connectivity index (χ2n) is 3.18. The summed E-state index contributed by atoms with van der Waals surface area (Å²) in [5.74, 6) is -0.734. The van der Waals surface area contributed by atoms with Gasteiger partial charge in [-0.15, -0.1) is 0 Å². The second kappa shape index (κ2) is 5.01. The molecule has 0 saturated carbocycles. The maximum absolute atomic E-state index is 10.1. The molecular weight excluding hydrogens is 214 g/mol. The molecule has 1 aromatic carbocycles. The Kier molecular flexibility index (Phi) is 3.71. The third-order valence-electron chi connectivity index (χ3n) is 1.75. The number of rotatable bonds is 0. The summed E-state index contributed by atoms with van der Waals surface area (Å²) in [6, 6.07) is 3.42. The highest BCUT2D eigenvalue weighted by Crippen LogP contribution is 2.23. The summed E-state index contributed by atoms with van der Waals surface area (Å²) in [7, 11) is 0. The van der Waals surface area contributed by atoms with Gasteiger partial charge in [0.25, 0.3) is 0 Å². The zero-order valence-corrected chi connectivity index (χ0v) is 8.30. The van der Waals surface area contributed by atoms with Crippen molar-refractivity contribution in [1.82, 2.24) is 5.32 Å². The maximum Gasteiger partial charge on any atom is 0.227 e. The van der Waals surface area contributed by atoms with E-state index in [1.165, 1.54) is 0 Å². The number of phenolic OH excluding ortho intramolecular Hbond substituents is 3. The minimum atomic E-state index is -0.148. The van der Waals surface area contributed by atoms with Crippen molar-refractivity contribution >= 4 is 11.8 Å². The first-order valence-corrected chi connectivity index (χ1v) is 4.52. The van der Waals surface area contributed by atoms with E-state index in [1.54, 1.807) is 0 Å². The first-order chi connectivity index (χ1) is 7.47. The van der Waals surface area contributed by atoms with Gasteiger partial charge in [0.2, 0.25) is 11.8 Å². The van der Waals surface area contributed by atoms with Crippen LogP contribution in [0.25, 0.3) is 0 Å². The zero-order chi connectivity index (χ0) is 12.1. The summed E-state index contributed by atoms with van der Waals surface area (Å²) in [4.78, 5) is 20.2.